The molecule has 2 aliphatic rings. The van der Waals surface area contributed by atoms with E-state index in [-0.39, 0.29) is 30.1 Å². The normalized spacial score (nSPS) is 14.5. The smallest absolute Gasteiger partial charge is 0.407 e. The number of imide groups is 1. The number of rotatable bonds is 8. The van der Waals surface area contributed by atoms with Gasteiger partial charge in [-0.3, -0.25) is 9.59 Å². The molecule has 0 bridgehead atoms. The lowest BCUT2D eigenvalue weighted by molar-refractivity contribution is -0.169. The second kappa shape index (κ2) is 11.5. The van der Waals surface area contributed by atoms with Crippen LogP contribution in [-0.2, 0) is 23.9 Å². The summed E-state index contributed by atoms with van der Waals surface area (Å²) in [6.45, 7) is 5.05. The van der Waals surface area contributed by atoms with Crippen LogP contribution in [0.25, 0.3) is 11.1 Å². The first kappa shape index (κ1) is 28.5. The van der Waals surface area contributed by atoms with Gasteiger partial charge in [-0.05, 0) is 61.6 Å². The Hall–Kier alpha value is -4.99. The minimum atomic E-state index is -1.25. The van der Waals surface area contributed by atoms with Crippen LogP contribution in [0, 0.1) is 0 Å². The lowest BCUT2D eigenvalue weighted by atomic mass is 9.98. The Labute approximate surface area is 242 Å². The largest absolute Gasteiger partial charge is 0.458 e. The zero-order valence-electron chi connectivity index (χ0n) is 23.4. The third-order valence-corrected chi connectivity index (χ3v) is 6.91. The Balaban J connectivity index is 1.22. The molecule has 0 aromatic heterocycles. The molecule has 1 aliphatic heterocycles. The zero-order chi connectivity index (χ0) is 30.0. The van der Waals surface area contributed by atoms with Gasteiger partial charge in [0.15, 0.2) is 0 Å². The van der Waals surface area contributed by atoms with E-state index in [0.717, 1.165) is 22.3 Å². The predicted molar refractivity (Wildman–Crippen MR) is 150 cm³/mol. The predicted octanol–water partition coefficient (Wildman–Crippen LogP) is 4.77. The van der Waals surface area contributed by atoms with E-state index in [9.17, 15) is 24.0 Å². The molecule has 0 unspecified atom stereocenters. The van der Waals surface area contributed by atoms with E-state index in [2.05, 4.69) is 5.32 Å². The number of benzene rings is 3. The fraction of sp³-hybridized carbons (Fsp3) is 0.281. The number of amides is 3. The van der Waals surface area contributed by atoms with Gasteiger partial charge in [0.25, 0.3) is 11.8 Å². The molecule has 10 heteroatoms. The first-order valence-corrected chi connectivity index (χ1v) is 13.6. The Morgan fingerprint density at radius 1 is 0.810 bits per heavy atom. The minimum Gasteiger partial charge on any atom is -0.458 e. The van der Waals surface area contributed by atoms with Crippen LogP contribution in [0.1, 0.15) is 71.4 Å². The zero-order valence-corrected chi connectivity index (χ0v) is 23.4. The van der Waals surface area contributed by atoms with Gasteiger partial charge in [-0.1, -0.05) is 65.7 Å². The fourth-order valence-electron chi connectivity index (χ4n) is 5.06. The van der Waals surface area contributed by atoms with Crippen LogP contribution in [0.4, 0.5) is 4.79 Å². The van der Waals surface area contributed by atoms with Gasteiger partial charge in [0, 0.05) is 5.92 Å². The highest BCUT2D eigenvalue weighted by Crippen LogP contribution is 2.44. The summed E-state index contributed by atoms with van der Waals surface area (Å²) in [5.74, 6) is -3.41. The summed E-state index contributed by atoms with van der Waals surface area (Å²) in [5.41, 5.74) is 3.60. The molecule has 0 saturated heterocycles. The number of nitrogens with zero attached hydrogens (tertiary/aromatic N) is 1. The van der Waals surface area contributed by atoms with Crippen LogP contribution < -0.4 is 5.32 Å². The molecule has 0 spiro atoms. The van der Waals surface area contributed by atoms with Crippen molar-refractivity contribution in [3.63, 3.8) is 0 Å². The lowest BCUT2D eigenvalue weighted by Gasteiger charge is -2.24. The average Bonchev–Trinajstić information content (AvgIpc) is 3.40. The molecule has 3 aromatic rings. The SMILES string of the molecule is CC(C)(C)OC(=O)[C@@H](CCC(=O)ON1C(=O)c2ccccc2C1=O)NC(=O)OCC1c2ccccc2-c2ccccc21. The van der Waals surface area contributed by atoms with Crippen molar-refractivity contribution in [3.05, 3.63) is 95.1 Å². The molecule has 1 atom stereocenters. The van der Waals surface area contributed by atoms with Gasteiger partial charge in [0.1, 0.15) is 18.2 Å². The van der Waals surface area contributed by atoms with Gasteiger partial charge in [-0.15, -0.1) is 0 Å². The van der Waals surface area contributed by atoms with Crippen molar-refractivity contribution in [2.45, 2.75) is 51.2 Å². The lowest BCUT2D eigenvalue weighted by Crippen LogP contribution is -2.45. The van der Waals surface area contributed by atoms with Crippen LogP contribution in [0.3, 0.4) is 0 Å². The Bertz CT molecular complexity index is 1490. The standard InChI is InChI=1S/C32H30N2O8/c1-32(2,3)41-30(38)26(16-17-27(35)42-34-28(36)23-14-8-9-15-24(23)29(34)37)33-31(39)40-18-25-21-12-6-4-10-19(21)20-11-5-7-13-22(20)25/h4-15,25-26H,16-18H2,1-3H3,(H,33,39)/t26-/m1/s1. The highest BCUT2D eigenvalue weighted by atomic mass is 16.7. The van der Waals surface area contributed by atoms with Crippen LogP contribution >= 0.6 is 0 Å². The van der Waals surface area contributed by atoms with E-state index < -0.39 is 47.9 Å². The summed E-state index contributed by atoms with van der Waals surface area (Å²) in [7, 11) is 0. The van der Waals surface area contributed by atoms with Crippen molar-refractivity contribution >= 4 is 29.8 Å². The van der Waals surface area contributed by atoms with Gasteiger partial charge in [-0.25, -0.2) is 14.4 Å². The molecular formula is C32H30N2O8. The van der Waals surface area contributed by atoms with Gasteiger partial charge < -0.3 is 19.6 Å². The van der Waals surface area contributed by atoms with E-state index in [1.807, 2.05) is 48.5 Å². The summed E-state index contributed by atoms with van der Waals surface area (Å²) >= 11 is 0. The number of ether oxygens (including phenoxy) is 2. The monoisotopic (exact) mass is 570 g/mol. The molecule has 5 rings (SSSR count). The molecule has 1 heterocycles. The van der Waals surface area contributed by atoms with Crippen LogP contribution in [-0.4, -0.2) is 53.2 Å². The number of esters is 1. The third kappa shape index (κ3) is 5.88. The topological polar surface area (TPSA) is 128 Å². The number of carbonyl (C=O) groups excluding carboxylic acids is 5. The Morgan fingerprint density at radius 2 is 1.31 bits per heavy atom. The van der Waals surface area contributed by atoms with Crippen LogP contribution in [0.15, 0.2) is 72.8 Å². The van der Waals surface area contributed by atoms with Crippen LogP contribution in [0.2, 0.25) is 0 Å². The van der Waals surface area contributed by atoms with E-state index in [1.54, 1.807) is 32.9 Å². The van der Waals surface area contributed by atoms with E-state index in [1.165, 1.54) is 12.1 Å². The second-order valence-electron chi connectivity index (χ2n) is 11.0. The number of hydrogen-bond donors (Lipinski definition) is 1. The highest BCUT2D eigenvalue weighted by molar-refractivity contribution is 6.20. The Morgan fingerprint density at radius 3 is 1.83 bits per heavy atom. The van der Waals surface area contributed by atoms with E-state index in [4.69, 9.17) is 14.3 Å². The maximum atomic E-state index is 12.9. The number of carbonyl (C=O) groups is 5. The molecule has 1 N–H and O–H groups in total. The number of alkyl carbamates (subject to hydrolysis) is 1. The van der Waals surface area contributed by atoms with Crippen molar-refractivity contribution in [1.29, 1.82) is 0 Å². The maximum Gasteiger partial charge on any atom is 0.407 e. The molecule has 216 valence electrons. The number of nitrogens with one attached hydrogen (secondary N) is 1. The number of fused-ring (bicyclic) bond motifs is 4. The molecule has 3 amide bonds. The quantitative estimate of drug-likeness (QED) is 0.303. The van der Waals surface area contributed by atoms with E-state index >= 15 is 0 Å². The summed E-state index contributed by atoms with van der Waals surface area (Å²) in [6.07, 6.45) is -1.48. The molecule has 10 nitrogen and oxygen atoms in total. The summed E-state index contributed by atoms with van der Waals surface area (Å²) in [5, 5.41) is 2.90. The summed E-state index contributed by atoms with van der Waals surface area (Å²) in [6, 6.07) is 20.6. The van der Waals surface area contributed by atoms with Gasteiger partial charge in [-0.2, -0.15) is 0 Å². The van der Waals surface area contributed by atoms with Crippen molar-refractivity contribution in [2.24, 2.45) is 0 Å². The molecule has 0 radical (unpaired) electrons. The highest BCUT2D eigenvalue weighted by Gasteiger charge is 2.39. The molecular weight excluding hydrogens is 540 g/mol. The number of hydrogen-bond acceptors (Lipinski definition) is 8. The van der Waals surface area contributed by atoms with Crippen molar-refractivity contribution in [1.82, 2.24) is 10.4 Å². The van der Waals surface area contributed by atoms with Gasteiger partial charge in [0.05, 0.1) is 17.5 Å². The van der Waals surface area contributed by atoms with Crippen molar-refractivity contribution in [2.75, 3.05) is 6.61 Å². The molecule has 3 aromatic carbocycles. The first-order chi connectivity index (χ1) is 20.0. The summed E-state index contributed by atoms with van der Waals surface area (Å²) in [4.78, 5) is 68.5. The molecule has 0 fully saturated rings. The summed E-state index contributed by atoms with van der Waals surface area (Å²) < 4.78 is 11.0. The average molecular weight is 571 g/mol. The third-order valence-electron chi connectivity index (χ3n) is 6.91. The molecule has 0 saturated carbocycles. The number of hydroxylamine groups is 2. The molecule has 42 heavy (non-hydrogen) atoms. The first-order valence-electron chi connectivity index (χ1n) is 13.6. The minimum absolute atomic E-state index is 0.0304. The molecule has 1 aliphatic carbocycles. The van der Waals surface area contributed by atoms with Crippen LogP contribution in [0.5, 0.6) is 0 Å². The van der Waals surface area contributed by atoms with Crippen molar-refractivity contribution < 1.29 is 38.3 Å². The fourth-order valence-corrected chi connectivity index (χ4v) is 5.06. The maximum absolute atomic E-state index is 12.9. The van der Waals surface area contributed by atoms with Gasteiger partial charge >= 0.3 is 18.0 Å². The van der Waals surface area contributed by atoms with Gasteiger partial charge in [0.2, 0.25) is 0 Å². The van der Waals surface area contributed by atoms with Crippen molar-refractivity contribution in [3.8, 4) is 11.1 Å². The van der Waals surface area contributed by atoms with E-state index in [0.29, 0.717) is 5.06 Å². The Kier molecular flexibility index (Phi) is 7.80. The second-order valence-corrected chi connectivity index (χ2v) is 11.0.